The molecule has 2 unspecified atom stereocenters. The van der Waals surface area contributed by atoms with E-state index in [0.717, 1.165) is 5.75 Å². The monoisotopic (exact) mass is 353 g/mol. The molecule has 2 atom stereocenters. The topological polar surface area (TPSA) is 63.9 Å². The van der Waals surface area contributed by atoms with Crippen molar-refractivity contribution in [1.29, 1.82) is 0 Å². The first-order valence-corrected chi connectivity index (χ1v) is 9.45. The number of thiazole rings is 1. The van der Waals surface area contributed by atoms with Gasteiger partial charge in [-0.3, -0.25) is 14.0 Å². The first-order valence-electron chi connectivity index (χ1n) is 7.58. The Balaban J connectivity index is 2.06. The second kappa shape index (κ2) is 6.62. The normalized spacial score (nSPS) is 21.8. The lowest BCUT2D eigenvalue weighted by Gasteiger charge is -2.35. The highest BCUT2D eigenvalue weighted by molar-refractivity contribution is 7.99. The van der Waals surface area contributed by atoms with Crippen LogP contribution in [-0.4, -0.2) is 51.2 Å². The summed E-state index contributed by atoms with van der Waals surface area (Å²) in [5, 5.41) is 2.33. The van der Waals surface area contributed by atoms with Crippen molar-refractivity contribution in [2.24, 2.45) is 0 Å². The number of ether oxygens (including phenoxy) is 1. The minimum atomic E-state index is -0.288. The van der Waals surface area contributed by atoms with Crippen LogP contribution in [0.4, 0.5) is 0 Å². The molecule has 3 rings (SSSR count). The van der Waals surface area contributed by atoms with E-state index in [1.807, 2.05) is 20.8 Å². The minimum Gasteiger partial charge on any atom is -0.372 e. The van der Waals surface area contributed by atoms with Crippen molar-refractivity contribution >= 4 is 34.0 Å². The number of amides is 1. The van der Waals surface area contributed by atoms with E-state index in [1.165, 1.54) is 27.5 Å². The van der Waals surface area contributed by atoms with E-state index in [-0.39, 0.29) is 29.2 Å². The molecular formula is C15H19N3O3S2. The zero-order valence-electron chi connectivity index (χ0n) is 13.3. The maximum Gasteiger partial charge on any atom is 0.272 e. The van der Waals surface area contributed by atoms with E-state index in [4.69, 9.17) is 4.74 Å². The van der Waals surface area contributed by atoms with Crippen molar-refractivity contribution in [1.82, 2.24) is 14.3 Å². The van der Waals surface area contributed by atoms with Gasteiger partial charge in [0.05, 0.1) is 12.2 Å². The fraction of sp³-hybridized carbons (Fsp3) is 0.533. The predicted octanol–water partition coefficient (Wildman–Crippen LogP) is 2.12. The van der Waals surface area contributed by atoms with E-state index in [1.54, 1.807) is 16.5 Å². The third kappa shape index (κ3) is 3.15. The molecule has 1 fully saturated rings. The Morgan fingerprint density at radius 2 is 2.13 bits per heavy atom. The molecule has 1 amide bonds. The molecule has 1 aliphatic heterocycles. The van der Waals surface area contributed by atoms with Crippen LogP contribution in [0.3, 0.4) is 0 Å². The van der Waals surface area contributed by atoms with Crippen LogP contribution >= 0.6 is 23.1 Å². The van der Waals surface area contributed by atoms with Crippen molar-refractivity contribution in [3.05, 3.63) is 27.5 Å². The molecule has 0 aliphatic carbocycles. The standard InChI is InChI=1S/C15H19N3O3S2/c1-4-22-12-11(14(20)18-5-6-23-15(18)16-12)13(19)17-7-9(2)21-10(3)8-17/h5-6,9-10H,4,7-8H2,1-3H3. The third-order valence-corrected chi connectivity index (χ3v) is 5.25. The van der Waals surface area contributed by atoms with Crippen LogP contribution in [-0.2, 0) is 4.74 Å². The van der Waals surface area contributed by atoms with Gasteiger partial charge in [0.1, 0.15) is 10.6 Å². The van der Waals surface area contributed by atoms with Gasteiger partial charge in [-0.25, -0.2) is 4.98 Å². The average molecular weight is 353 g/mol. The van der Waals surface area contributed by atoms with Crippen molar-refractivity contribution in [2.75, 3.05) is 18.8 Å². The van der Waals surface area contributed by atoms with Crippen LogP contribution < -0.4 is 5.56 Å². The molecule has 8 heteroatoms. The van der Waals surface area contributed by atoms with Gasteiger partial charge in [-0.2, -0.15) is 0 Å². The SMILES string of the molecule is CCSc1nc2sccn2c(=O)c1C(=O)N1CC(C)OC(C)C1. The number of fused-ring (bicyclic) bond motifs is 1. The molecule has 0 N–H and O–H groups in total. The van der Waals surface area contributed by atoms with Gasteiger partial charge < -0.3 is 9.64 Å². The van der Waals surface area contributed by atoms with Crippen LogP contribution in [0.1, 0.15) is 31.1 Å². The molecule has 0 saturated carbocycles. The van der Waals surface area contributed by atoms with Gasteiger partial charge in [-0.15, -0.1) is 23.1 Å². The van der Waals surface area contributed by atoms with Crippen molar-refractivity contribution in [3.8, 4) is 0 Å². The number of aromatic nitrogens is 2. The maximum absolute atomic E-state index is 13.0. The van der Waals surface area contributed by atoms with Crippen molar-refractivity contribution in [2.45, 2.75) is 38.0 Å². The highest BCUT2D eigenvalue weighted by Crippen LogP contribution is 2.23. The zero-order valence-corrected chi connectivity index (χ0v) is 14.9. The summed E-state index contributed by atoms with van der Waals surface area (Å²) in [7, 11) is 0. The second-order valence-corrected chi connectivity index (χ2v) is 7.68. The molecule has 0 spiro atoms. The molecule has 2 aromatic rings. The Bertz CT molecular complexity index is 776. The highest BCUT2D eigenvalue weighted by atomic mass is 32.2. The molecule has 0 bridgehead atoms. The fourth-order valence-corrected chi connectivity index (χ4v) is 4.29. The first-order chi connectivity index (χ1) is 11.0. The Morgan fingerprint density at radius 3 is 2.78 bits per heavy atom. The Morgan fingerprint density at radius 1 is 1.43 bits per heavy atom. The van der Waals surface area contributed by atoms with E-state index < -0.39 is 0 Å². The summed E-state index contributed by atoms with van der Waals surface area (Å²) in [4.78, 5) is 32.6. The molecule has 23 heavy (non-hydrogen) atoms. The average Bonchev–Trinajstić information content (AvgIpc) is 2.95. The van der Waals surface area contributed by atoms with E-state index >= 15 is 0 Å². The molecule has 0 radical (unpaired) electrons. The molecule has 1 saturated heterocycles. The summed E-state index contributed by atoms with van der Waals surface area (Å²) >= 11 is 2.82. The lowest BCUT2D eigenvalue weighted by Crippen LogP contribution is -2.49. The zero-order chi connectivity index (χ0) is 16.6. The van der Waals surface area contributed by atoms with E-state index in [9.17, 15) is 9.59 Å². The number of rotatable bonds is 3. The number of hydrogen-bond donors (Lipinski definition) is 0. The number of nitrogens with zero attached hydrogens (tertiary/aromatic N) is 3. The molecule has 3 heterocycles. The number of thioether (sulfide) groups is 1. The Hall–Kier alpha value is -1.38. The van der Waals surface area contributed by atoms with Gasteiger partial charge in [0, 0.05) is 24.7 Å². The molecule has 2 aromatic heterocycles. The molecule has 0 aromatic carbocycles. The summed E-state index contributed by atoms with van der Waals surface area (Å²) in [5.74, 6) is 0.505. The molecule has 124 valence electrons. The van der Waals surface area contributed by atoms with Gasteiger partial charge >= 0.3 is 0 Å². The van der Waals surface area contributed by atoms with E-state index in [0.29, 0.717) is 23.1 Å². The number of carbonyl (C=O) groups excluding carboxylic acids is 1. The van der Waals surface area contributed by atoms with Crippen LogP contribution in [0.5, 0.6) is 0 Å². The summed E-state index contributed by atoms with van der Waals surface area (Å²) in [5.41, 5.74) is -0.113. The van der Waals surface area contributed by atoms with Crippen molar-refractivity contribution in [3.63, 3.8) is 0 Å². The quantitative estimate of drug-likeness (QED) is 0.625. The number of carbonyl (C=O) groups is 1. The third-order valence-electron chi connectivity index (χ3n) is 3.63. The van der Waals surface area contributed by atoms with Crippen LogP contribution in [0, 0.1) is 0 Å². The fourth-order valence-electron chi connectivity index (χ4n) is 2.79. The Kier molecular flexibility index (Phi) is 4.74. The molecule has 6 nitrogen and oxygen atoms in total. The smallest absolute Gasteiger partial charge is 0.272 e. The van der Waals surface area contributed by atoms with Crippen LogP contribution in [0.15, 0.2) is 21.4 Å². The van der Waals surface area contributed by atoms with Gasteiger partial charge in [-0.05, 0) is 19.6 Å². The summed E-state index contributed by atoms with van der Waals surface area (Å²) < 4.78 is 7.12. The molecular weight excluding hydrogens is 334 g/mol. The summed E-state index contributed by atoms with van der Waals surface area (Å²) in [6.45, 7) is 6.84. The van der Waals surface area contributed by atoms with Crippen molar-refractivity contribution < 1.29 is 9.53 Å². The summed E-state index contributed by atoms with van der Waals surface area (Å²) in [6.07, 6.45) is 1.59. The van der Waals surface area contributed by atoms with Gasteiger partial charge in [-0.1, -0.05) is 6.92 Å². The Labute approximate surface area is 142 Å². The van der Waals surface area contributed by atoms with Gasteiger partial charge in [0.25, 0.3) is 11.5 Å². The summed E-state index contributed by atoms with van der Waals surface area (Å²) in [6, 6.07) is 0. The van der Waals surface area contributed by atoms with Gasteiger partial charge in [0.2, 0.25) is 0 Å². The maximum atomic E-state index is 13.0. The van der Waals surface area contributed by atoms with Crippen LogP contribution in [0.25, 0.3) is 4.96 Å². The second-order valence-electron chi connectivity index (χ2n) is 5.55. The lowest BCUT2D eigenvalue weighted by molar-refractivity contribution is -0.0587. The van der Waals surface area contributed by atoms with Crippen LogP contribution in [0.2, 0.25) is 0 Å². The van der Waals surface area contributed by atoms with E-state index in [2.05, 4.69) is 4.98 Å². The molecule has 1 aliphatic rings. The highest BCUT2D eigenvalue weighted by Gasteiger charge is 2.30. The largest absolute Gasteiger partial charge is 0.372 e. The lowest BCUT2D eigenvalue weighted by atomic mass is 10.2. The first kappa shape index (κ1) is 16.5. The predicted molar refractivity (Wildman–Crippen MR) is 91.6 cm³/mol. The number of morpholine rings is 1. The van der Waals surface area contributed by atoms with Gasteiger partial charge in [0.15, 0.2) is 4.96 Å². The minimum absolute atomic E-state index is 0.0365. The number of hydrogen-bond acceptors (Lipinski definition) is 6.